The van der Waals surface area contributed by atoms with Gasteiger partial charge >= 0.3 is 0 Å². The van der Waals surface area contributed by atoms with Gasteiger partial charge in [-0.15, -0.1) is 0 Å². The topological polar surface area (TPSA) is 22.8 Å². The molecule has 0 amide bonds. The molecule has 11 aromatic rings. The second-order valence-electron chi connectivity index (χ2n) is 13.9. The third-order valence-corrected chi connectivity index (χ3v) is 11.3. The van der Waals surface area contributed by atoms with Crippen LogP contribution < -0.4 is 0 Å². The van der Waals surface area contributed by atoms with Crippen molar-refractivity contribution in [1.29, 1.82) is 0 Å². The van der Waals surface area contributed by atoms with Crippen LogP contribution in [0.3, 0.4) is 0 Å². The first-order chi connectivity index (χ1) is 25.8. The van der Waals surface area contributed by atoms with Crippen LogP contribution in [0, 0.1) is 0 Å². The second kappa shape index (κ2) is 10.3. The maximum atomic E-state index is 5.23. The summed E-state index contributed by atoms with van der Waals surface area (Å²) in [5, 5.41) is 9.96. The molecule has 0 N–H and O–H groups in total. The maximum Gasteiger partial charge on any atom is 0.146 e. The van der Waals surface area contributed by atoms with Crippen LogP contribution in [0.2, 0.25) is 0 Å². The number of nitrogens with zero attached hydrogens (tertiary/aromatic N) is 3. The molecule has 0 unspecified atom stereocenters. The van der Waals surface area contributed by atoms with Gasteiger partial charge in [-0.3, -0.25) is 4.57 Å². The van der Waals surface area contributed by atoms with Crippen molar-refractivity contribution >= 4 is 65.2 Å². The van der Waals surface area contributed by atoms with Gasteiger partial charge in [-0.2, -0.15) is 0 Å². The minimum atomic E-state index is 0.975. The Morgan fingerprint density at radius 2 is 1.02 bits per heavy atom. The van der Waals surface area contributed by atoms with E-state index in [0.29, 0.717) is 0 Å². The zero-order valence-electron chi connectivity index (χ0n) is 28.1. The number of rotatable bonds is 3. The molecule has 0 atom stereocenters. The highest BCUT2D eigenvalue weighted by atomic mass is 15.1. The summed E-state index contributed by atoms with van der Waals surface area (Å²) in [6, 6.07) is 62.0. The predicted molar refractivity (Wildman–Crippen MR) is 218 cm³/mol. The Labute approximate surface area is 299 Å². The molecule has 240 valence electrons. The van der Waals surface area contributed by atoms with Crippen LogP contribution in [-0.2, 0) is 0 Å². The van der Waals surface area contributed by atoms with E-state index < -0.39 is 0 Å². The largest absolute Gasteiger partial charge is 0.309 e. The molecular weight excluding hydrogens is 631 g/mol. The fraction of sp³-hybridized carbons (Fsp3) is 0. The Morgan fingerprint density at radius 1 is 0.365 bits per heavy atom. The number of aromatic nitrogens is 3. The number of hydrogen-bond donors (Lipinski definition) is 0. The summed E-state index contributed by atoms with van der Waals surface area (Å²) < 4.78 is 4.81. The summed E-state index contributed by atoms with van der Waals surface area (Å²) in [6.45, 7) is 0. The van der Waals surface area contributed by atoms with Crippen molar-refractivity contribution in [3.05, 3.63) is 176 Å². The van der Waals surface area contributed by atoms with E-state index in [1.165, 1.54) is 87.5 Å². The van der Waals surface area contributed by atoms with E-state index in [4.69, 9.17) is 4.98 Å². The smallest absolute Gasteiger partial charge is 0.146 e. The molecule has 0 spiro atoms. The highest BCUT2D eigenvalue weighted by molar-refractivity contribution is 6.25. The molecule has 1 aliphatic rings. The van der Waals surface area contributed by atoms with Crippen LogP contribution in [0.4, 0.5) is 0 Å². The Balaban J connectivity index is 1.16. The van der Waals surface area contributed by atoms with Crippen LogP contribution >= 0.6 is 0 Å². The summed E-state index contributed by atoms with van der Waals surface area (Å²) in [5.74, 6) is 0.975. The zero-order valence-corrected chi connectivity index (χ0v) is 28.1. The molecule has 52 heavy (non-hydrogen) atoms. The van der Waals surface area contributed by atoms with Gasteiger partial charge in [0.25, 0.3) is 0 Å². The van der Waals surface area contributed by atoms with Gasteiger partial charge in [-0.05, 0) is 81.1 Å². The molecule has 0 fully saturated rings. The molecule has 12 rings (SSSR count). The maximum absolute atomic E-state index is 5.23. The SMILES string of the molecule is c1ccc(-n2c3ccccc3c3c4ccccc4c(-c4ccc5c(c4)c4ccccc4n5-c4ncc5cccc6c5c4-c4ccccc4-6)cc32)cc1. The zero-order chi connectivity index (χ0) is 33.9. The van der Waals surface area contributed by atoms with Gasteiger partial charge in [0.15, 0.2) is 0 Å². The van der Waals surface area contributed by atoms with Crippen molar-refractivity contribution < 1.29 is 0 Å². The van der Waals surface area contributed by atoms with Crippen LogP contribution in [0.15, 0.2) is 176 Å². The molecule has 3 heterocycles. The van der Waals surface area contributed by atoms with Crippen LogP contribution in [0.5, 0.6) is 0 Å². The van der Waals surface area contributed by atoms with Crippen molar-refractivity contribution in [1.82, 2.24) is 14.1 Å². The van der Waals surface area contributed by atoms with E-state index in [2.05, 4.69) is 179 Å². The van der Waals surface area contributed by atoms with Gasteiger partial charge in [0.1, 0.15) is 5.82 Å². The van der Waals surface area contributed by atoms with Crippen molar-refractivity contribution in [2.24, 2.45) is 0 Å². The first-order valence-electron chi connectivity index (χ1n) is 17.9. The van der Waals surface area contributed by atoms with E-state index in [0.717, 1.165) is 22.5 Å². The summed E-state index contributed by atoms with van der Waals surface area (Å²) in [5.41, 5.74) is 13.3. The van der Waals surface area contributed by atoms with Gasteiger partial charge in [-0.25, -0.2) is 4.98 Å². The molecule has 0 radical (unpaired) electrons. The van der Waals surface area contributed by atoms with Crippen molar-refractivity contribution in [2.45, 2.75) is 0 Å². The number of fused-ring (bicyclic) bond motifs is 11. The first kappa shape index (κ1) is 27.8. The molecule has 3 aromatic heterocycles. The van der Waals surface area contributed by atoms with Gasteiger partial charge < -0.3 is 4.57 Å². The molecule has 0 saturated carbocycles. The number of pyridine rings is 1. The number of benzene rings is 8. The summed E-state index contributed by atoms with van der Waals surface area (Å²) in [4.78, 5) is 5.23. The molecule has 3 heteroatoms. The molecule has 8 aromatic carbocycles. The molecule has 1 aliphatic carbocycles. The highest BCUT2D eigenvalue weighted by Crippen LogP contribution is 2.50. The fourth-order valence-corrected chi connectivity index (χ4v) is 9.14. The Hall–Kier alpha value is -6.97. The molecule has 0 bridgehead atoms. The summed E-state index contributed by atoms with van der Waals surface area (Å²) in [7, 11) is 0. The Bertz CT molecular complexity index is 3290. The minimum absolute atomic E-state index is 0.975. The van der Waals surface area contributed by atoms with E-state index in [1.807, 2.05) is 6.20 Å². The monoisotopic (exact) mass is 659 g/mol. The molecule has 0 aliphatic heterocycles. The third-order valence-electron chi connectivity index (χ3n) is 11.3. The van der Waals surface area contributed by atoms with E-state index in [1.54, 1.807) is 0 Å². The fourth-order valence-electron chi connectivity index (χ4n) is 9.14. The average Bonchev–Trinajstić information content (AvgIpc) is 3.85. The van der Waals surface area contributed by atoms with Gasteiger partial charge in [0, 0.05) is 49.8 Å². The first-order valence-corrected chi connectivity index (χ1v) is 17.9. The molecule has 3 nitrogen and oxygen atoms in total. The van der Waals surface area contributed by atoms with E-state index >= 15 is 0 Å². The Morgan fingerprint density at radius 3 is 1.87 bits per heavy atom. The van der Waals surface area contributed by atoms with Crippen LogP contribution in [0.1, 0.15) is 0 Å². The lowest BCUT2D eigenvalue weighted by molar-refractivity contribution is 1.09. The number of para-hydroxylation sites is 3. The van der Waals surface area contributed by atoms with E-state index in [-0.39, 0.29) is 0 Å². The predicted octanol–water partition coefficient (Wildman–Crippen LogP) is 12.9. The van der Waals surface area contributed by atoms with E-state index in [9.17, 15) is 0 Å². The lowest BCUT2D eigenvalue weighted by Gasteiger charge is -2.14. The lowest BCUT2D eigenvalue weighted by Crippen LogP contribution is -2.00. The van der Waals surface area contributed by atoms with Gasteiger partial charge in [-0.1, -0.05) is 127 Å². The molecule has 0 saturated heterocycles. The number of hydrogen-bond acceptors (Lipinski definition) is 1. The minimum Gasteiger partial charge on any atom is -0.309 e. The summed E-state index contributed by atoms with van der Waals surface area (Å²) in [6.07, 6.45) is 2.05. The standard InChI is InChI=1S/C49H29N3/c1-2-14-32(15-3-1)51-43-24-11-9-21-39(43)47-37-19-6-5-17-34(37)40(28-45(47)51)30-25-26-44-41(27-30)35-18-8-10-23-42(35)52(44)49-48-38-20-7-4-16-33(38)36-22-12-13-31(29-50-49)46(36)48/h1-29H. The normalized spacial score (nSPS) is 12.2. The van der Waals surface area contributed by atoms with Crippen molar-refractivity contribution in [3.63, 3.8) is 0 Å². The third kappa shape index (κ3) is 3.61. The van der Waals surface area contributed by atoms with Crippen LogP contribution in [-0.4, -0.2) is 14.1 Å². The summed E-state index contributed by atoms with van der Waals surface area (Å²) >= 11 is 0. The second-order valence-corrected chi connectivity index (χ2v) is 13.9. The highest BCUT2D eigenvalue weighted by Gasteiger charge is 2.27. The molecular formula is C49H29N3. The van der Waals surface area contributed by atoms with Crippen molar-refractivity contribution in [3.8, 4) is 44.9 Å². The van der Waals surface area contributed by atoms with Crippen LogP contribution in [0.25, 0.3) is 110 Å². The quantitative estimate of drug-likeness (QED) is 0.185. The Kier molecular flexibility index (Phi) is 5.50. The average molecular weight is 660 g/mol. The van der Waals surface area contributed by atoms with Gasteiger partial charge in [0.05, 0.1) is 22.1 Å². The van der Waals surface area contributed by atoms with Crippen molar-refractivity contribution in [2.75, 3.05) is 0 Å². The van der Waals surface area contributed by atoms with Gasteiger partial charge in [0.2, 0.25) is 0 Å². The lowest BCUT2D eigenvalue weighted by atomic mass is 9.94.